The molecule has 0 radical (unpaired) electrons. The molecule has 0 N–H and O–H groups in total. The van der Waals surface area contributed by atoms with Crippen molar-refractivity contribution in [1.82, 2.24) is 9.55 Å². The fraction of sp³-hybridized carbons (Fsp3) is 0.133. The average molecular weight is 417 g/mol. The Labute approximate surface area is 139 Å². The van der Waals surface area contributed by atoms with E-state index < -0.39 is 0 Å². The summed E-state index contributed by atoms with van der Waals surface area (Å²) in [5.74, 6) is 1.05. The Morgan fingerprint density at radius 1 is 1.29 bits per heavy atom. The SMILES string of the molecule is COc1cc(F)ccc1-n1c(CCl)nc2cc(I)ccc21. The normalized spacial score (nSPS) is 11.0. The van der Waals surface area contributed by atoms with E-state index in [1.54, 1.807) is 6.07 Å². The topological polar surface area (TPSA) is 27.1 Å². The summed E-state index contributed by atoms with van der Waals surface area (Å²) in [6, 6.07) is 10.4. The number of nitrogens with zero attached hydrogens (tertiary/aromatic N) is 2. The number of hydrogen-bond donors (Lipinski definition) is 0. The van der Waals surface area contributed by atoms with E-state index in [0.717, 1.165) is 20.3 Å². The molecular weight excluding hydrogens is 406 g/mol. The summed E-state index contributed by atoms with van der Waals surface area (Å²) in [5, 5.41) is 0. The smallest absolute Gasteiger partial charge is 0.145 e. The van der Waals surface area contributed by atoms with Crippen molar-refractivity contribution in [1.29, 1.82) is 0 Å². The van der Waals surface area contributed by atoms with Crippen LogP contribution in [-0.2, 0) is 5.88 Å². The van der Waals surface area contributed by atoms with Gasteiger partial charge in [-0.3, -0.25) is 4.57 Å². The van der Waals surface area contributed by atoms with Crippen LogP contribution in [0.1, 0.15) is 5.82 Å². The van der Waals surface area contributed by atoms with Gasteiger partial charge in [0, 0.05) is 9.64 Å². The number of aromatic nitrogens is 2. The van der Waals surface area contributed by atoms with Gasteiger partial charge in [0.2, 0.25) is 0 Å². The molecule has 0 spiro atoms. The molecule has 0 aliphatic carbocycles. The van der Waals surface area contributed by atoms with Crippen molar-refractivity contribution in [2.24, 2.45) is 0 Å². The number of rotatable bonds is 3. The number of alkyl halides is 1. The molecule has 3 rings (SSSR count). The number of benzene rings is 2. The summed E-state index contributed by atoms with van der Waals surface area (Å²) in [5.41, 5.74) is 2.48. The quantitative estimate of drug-likeness (QED) is 0.464. The first-order valence-electron chi connectivity index (χ1n) is 6.21. The maximum atomic E-state index is 13.4. The van der Waals surface area contributed by atoms with Gasteiger partial charge in [-0.2, -0.15) is 0 Å². The lowest BCUT2D eigenvalue weighted by atomic mass is 10.2. The van der Waals surface area contributed by atoms with E-state index in [-0.39, 0.29) is 11.7 Å². The number of fused-ring (bicyclic) bond motifs is 1. The molecule has 3 aromatic rings. The number of methoxy groups -OCH3 is 1. The van der Waals surface area contributed by atoms with Crippen LogP contribution < -0.4 is 4.74 Å². The minimum absolute atomic E-state index is 0.256. The maximum absolute atomic E-state index is 13.4. The summed E-state index contributed by atoms with van der Waals surface area (Å²) < 4.78 is 21.7. The largest absolute Gasteiger partial charge is 0.494 e. The molecule has 108 valence electrons. The molecule has 0 aliphatic rings. The molecule has 0 unspecified atom stereocenters. The first-order chi connectivity index (χ1) is 10.1. The van der Waals surface area contributed by atoms with Crippen molar-refractivity contribution in [3.8, 4) is 11.4 Å². The van der Waals surface area contributed by atoms with Gasteiger partial charge in [0.25, 0.3) is 0 Å². The van der Waals surface area contributed by atoms with Crippen molar-refractivity contribution >= 4 is 45.2 Å². The molecule has 0 aliphatic heterocycles. The summed E-state index contributed by atoms with van der Waals surface area (Å²) in [4.78, 5) is 4.54. The first kappa shape index (κ1) is 14.6. The average Bonchev–Trinajstić information content (AvgIpc) is 2.84. The zero-order valence-corrected chi connectivity index (χ0v) is 14.0. The summed E-state index contributed by atoms with van der Waals surface area (Å²) in [6.07, 6.45) is 0. The van der Waals surface area contributed by atoms with E-state index in [0.29, 0.717) is 11.6 Å². The predicted molar refractivity (Wildman–Crippen MR) is 89.9 cm³/mol. The van der Waals surface area contributed by atoms with Crippen LogP contribution in [0.2, 0.25) is 0 Å². The molecule has 0 saturated heterocycles. The molecule has 0 fully saturated rings. The molecule has 21 heavy (non-hydrogen) atoms. The molecular formula is C15H11ClFIN2O. The maximum Gasteiger partial charge on any atom is 0.145 e. The Balaban J connectivity index is 2.33. The lowest BCUT2D eigenvalue weighted by Crippen LogP contribution is -2.02. The molecule has 0 saturated carbocycles. The minimum Gasteiger partial charge on any atom is -0.494 e. The zero-order chi connectivity index (χ0) is 15.0. The van der Waals surface area contributed by atoms with Gasteiger partial charge >= 0.3 is 0 Å². The lowest BCUT2D eigenvalue weighted by Gasteiger charge is -2.12. The Hall–Kier alpha value is -1.34. The number of ether oxygens (including phenoxy) is 1. The van der Waals surface area contributed by atoms with Gasteiger partial charge in [0.15, 0.2) is 0 Å². The molecule has 2 aromatic carbocycles. The minimum atomic E-state index is -0.345. The molecule has 0 atom stereocenters. The van der Waals surface area contributed by atoms with Gasteiger partial charge < -0.3 is 4.74 Å². The second-order valence-corrected chi connectivity index (χ2v) is 5.96. The highest BCUT2D eigenvalue weighted by molar-refractivity contribution is 14.1. The summed E-state index contributed by atoms with van der Waals surface area (Å²) >= 11 is 8.26. The van der Waals surface area contributed by atoms with Crippen LogP contribution in [0.3, 0.4) is 0 Å². The van der Waals surface area contributed by atoms with E-state index in [9.17, 15) is 4.39 Å². The van der Waals surface area contributed by atoms with Crippen molar-refractivity contribution in [2.45, 2.75) is 5.88 Å². The zero-order valence-electron chi connectivity index (χ0n) is 11.1. The van der Waals surface area contributed by atoms with Crippen LogP contribution in [0.5, 0.6) is 5.75 Å². The fourth-order valence-electron chi connectivity index (χ4n) is 2.30. The van der Waals surface area contributed by atoms with Gasteiger partial charge in [-0.25, -0.2) is 9.37 Å². The highest BCUT2D eigenvalue weighted by Gasteiger charge is 2.15. The van der Waals surface area contributed by atoms with E-state index in [2.05, 4.69) is 27.6 Å². The van der Waals surface area contributed by atoms with Crippen LogP contribution in [0.4, 0.5) is 4.39 Å². The molecule has 1 aromatic heterocycles. The molecule has 0 amide bonds. The Morgan fingerprint density at radius 3 is 2.81 bits per heavy atom. The first-order valence-corrected chi connectivity index (χ1v) is 7.82. The number of imidazole rings is 1. The number of halogens is 3. The molecule has 0 bridgehead atoms. The van der Waals surface area contributed by atoms with Gasteiger partial charge in [0.05, 0.1) is 29.7 Å². The van der Waals surface area contributed by atoms with Crippen LogP contribution in [0, 0.1) is 9.39 Å². The van der Waals surface area contributed by atoms with Gasteiger partial charge in [-0.1, -0.05) is 0 Å². The van der Waals surface area contributed by atoms with Crippen molar-refractivity contribution in [2.75, 3.05) is 7.11 Å². The standard InChI is InChI=1S/C15H11ClFIN2O/c1-21-14-6-9(17)2-4-13(14)20-12-5-3-10(18)7-11(12)19-15(20)8-16/h2-7H,8H2,1H3. The van der Waals surface area contributed by atoms with E-state index >= 15 is 0 Å². The highest BCUT2D eigenvalue weighted by Crippen LogP contribution is 2.30. The van der Waals surface area contributed by atoms with Crippen LogP contribution in [0.25, 0.3) is 16.7 Å². The van der Waals surface area contributed by atoms with Crippen molar-refractivity contribution in [3.63, 3.8) is 0 Å². The highest BCUT2D eigenvalue weighted by atomic mass is 127. The van der Waals surface area contributed by atoms with E-state index in [1.807, 2.05) is 22.8 Å². The van der Waals surface area contributed by atoms with E-state index in [1.165, 1.54) is 19.2 Å². The second-order valence-electron chi connectivity index (χ2n) is 4.45. The lowest BCUT2D eigenvalue weighted by molar-refractivity contribution is 0.409. The third-order valence-electron chi connectivity index (χ3n) is 3.19. The van der Waals surface area contributed by atoms with Crippen molar-refractivity contribution in [3.05, 3.63) is 51.6 Å². The van der Waals surface area contributed by atoms with Crippen LogP contribution in [0.15, 0.2) is 36.4 Å². The van der Waals surface area contributed by atoms with Crippen molar-refractivity contribution < 1.29 is 9.13 Å². The monoisotopic (exact) mass is 416 g/mol. The van der Waals surface area contributed by atoms with Crippen LogP contribution >= 0.6 is 34.2 Å². The number of hydrogen-bond acceptors (Lipinski definition) is 2. The molecule has 6 heteroatoms. The third-order valence-corrected chi connectivity index (χ3v) is 4.10. The second kappa shape index (κ2) is 5.81. The third kappa shape index (κ3) is 2.60. The van der Waals surface area contributed by atoms with Gasteiger partial charge in [-0.05, 0) is 52.9 Å². The summed E-state index contributed by atoms with van der Waals surface area (Å²) in [6.45, 7) is 0. The van der Waals surface area contributed by atoms with Gasteiger partial charge in [-0.15, -0.1) is 11.6 Å². The Morgan fingerprint density at radius 2 is 2.10 bits per heavy atom. The van der Waals surface area contributed by atoms with Gasteiger partial charge in [0.1, 0.15) is 17.4 Å². The Bertz CT molecular complexity index is 819. The van der Waals surface area contributed by atoms with E-state index in [4.69, 9.17) is 16.3 Å². The van der Waals surface area contributed by atoms with Crippen LogP contribution in [-0.4, -0.2) is 16.7 Å². The Kier molecular flexibility index (Phi) is 4.03. The molecule has 3 nitrogen and oxygen atoms in total. The molecule has 1 heterocycles. The fourth-order valence-corrected chi connectivity index (χ4v) is 2.95. The summed E-state index contributed by atoms with van der Waals surface area (Å²) in [7, 11) is 1.51. The predicted octanol–water partition coefficient (Wildman–Crippen LogP) is 4.52.